The summed E-state index contributed by atoms with van der Waals surface area (Å²) in [4.78, 5) is 25.7. The van der Waals surface area contributed by atoms with Crippen LogP contribution in [0.4, 0.5) is 14.6 Å². The first-order chi connectivity index (χ1) is 18.2. The Hall–Kier alpha value is -4.03. The molecule has 0 unspecified atom stereocenters. The predicted octanol–water partition coefficient (Wildman–Crippen LogP) is 4.02. The van der Waals surface area contributed by atoms with Gasteiger partial charge in [-0.2, -0.15) is 0 Å². The number of ether oxygens (including phenoxy) is 1. The number of hydrogen-bond acceptors (Lipinski definition) is 8. The van der Waals surface area contributed by atoms with Crippen LogP contribution in [0.25, 0.3) is 22.3 Å². The molecule has 1 amide bonds. The summed E-state index contributed by atoms with van der Waals surface area (Å²) in [7, 11) is -2.33. The van der Waals surface area contributed by atoms with Crippen molar-refractivity contribution in [3.05, 3.63) is 77.6 Å². The molecular formula is C26H25F2N5O4S. The molecule has 0 bridgehead atoms. The lowest BCUT2D eigenvalue weighted by Crippen LogP contribution is -2.23. The summed E-state index contributed by atoms with van der Waals surface area (Å²) in [5, 5.41) is 6.61. The first kappa shape index (κ1) is 27.0. The minimum Gasteiger partial charge on any atom is -0.383 e. The maximum Gasteiger partial charge on any atom is 0.265 e. The van der Waals surface area contributed by atoms with Crippen LogP contribution in [0.15, 0.2) is 65.7 Å². The summed E-state index contributed by atoms with van der Waals surface area (Å²) in [6.45, 7) is 1.18. The molecule has 0 saturated heterocycles. The highest BCUT2D eigenvalue weighted by atomic mass is 32.2. The smallest absolute Gasteiger partial charge is 0.265 e. The Morgan fingerprint density at radius 1 is 1.05 bits per heavy atom. The van der Waals surface area contributed by atoms with Crippen molar-refractivity contribution in [2.75, 3.05) is 31.8 Å². The van der Waals surface area contributed by atoms with E-state index in [4.69, 9.17) is 4.74 Å². The second kappa shape index (κ2) is 11.6. The molecule has 0 aliphatic heterocycles. The highest BCUT2D eigenvalue weighted by Gasteiger charge is 2.22. The second-order valence-electron chi connectivity index (χ2n) is 8.40. The zero-order valence-electron chi connectivity index (χ0n) is 20.6. The molecule has 0 aliphatic carbocycles. The molecule has 0 saturated carbocycles. The Morgan fingerprint density at radius 2 is 1.84 bits per heavy atom. The fourth-order valence-electron chi connectivity index (χ4n) is 3.70. The van der Waals surface area contributed by atoms with Crippen molar-refractivity contribution in [3.63, 3.8) is 0 Å². The van der Waals surface area contributed by atoms with Crippen LogP contribution < -0.4 is 10.6 Å². The zero-order chi connectivity index (χ0) is 27.3. The molecule has 0 aliphatic rings. The van der Waals surface area contributed by atoms with Crippen LogP contribution in [-0.4, -0.2) is 55.8 Å². The summed E-state index contributed by atoms with van der Waals surface area (Å²) in [6, 6.07) is 14.1. The first-order valence-electron chi connectivity index (χ1n) is 11.5. The number of carbonyl (C=O) groups excluding carboxylic acids is 1. The van der Waals surface area contributed by atoms with Crippen molar-refractivity contribution in [2.24, 2.45) is 0 Å². The SMILES string of the molecule is COCCNc1cccc(-c2ccc3cnc(CNC(=O)c4ccc(C(F)F)c(S(C)(=O)=O)c4)cc3n2)n1. The maximum atomic E-state index is 13.2. The Morgan fingerprint density at radius 3 is 2.58 bits per heavy atom. The summed E-state index contributed by atoms with van der Waals surface area (Å²) in [5.41, 5.74) is 1.78. The molecule has 0 fully saturated rings. The number of hydrogen-bond donors (Lipinski definition) is 2. The highest BCUT2D eigenvalue weighted by molar-refractivity contribution is 7.90. The van der Waals surface area contributed by atoms with Gasteiger partial charge in [0.2, 0.25) is 0 Å². The molecule has 0 radical (unpaired) electrons. The van der Waals surface area contributed by atoms with Gasteiger partial charge in [-0.1, -0.05) is 12.1 Å². The van der Waals surface area contributed by atoms with Gasteiger partial charge in [-0.05, 0) is 42.5 Å². The van der Waals surface area contributed by atoms with Crippen molar-refractivity contribution in [2.45, 2.75) is 17.9 Å². The lowest BCUT2D eigenvalue weighted by Gasteiger charge is -2.11. The number of aromatic nitrogens is 3. The van der Waals surface area contributed by atoms with Gasteiger partial charge in [-0.3, -0.25) is 9.78 Å². The van der Waals surface area contributed by atoms with Gasteiger partial charge >= 0.3 is 0 Å². The molecule has 3 heterocycles. The zero-order valence-corrected chi connectivity index (χ0v) is 21.4. The monoisotopic (exact) mass is 541 g/mol. The number of rotatable bonds is 10. The van der Waals surface area contributed by atoms with Crippen LogP contribution in [0.5, 0.6) is 0 Å². The van der Waals surface area contributed by atoms with Crippen LogP contribution in [0.1, 0.15) is 28.0 Å². The number of halogens is 2. The lowest BCUT2D eigenvalue weighted by atomic mass is 10.1. The molecule has 2 N–H and O–H groups in total. The van der Waals surface area contributed by atoms with Crippen molar-refractivity contribution < 1.29 is 26.7 Å². The average molecular weight is 542 g/mol. The van der Waals surface area contributed by atoms with E-state index in [1.54, 1.807) is 19.4 Å². The third kappa shape index (κ3) is 6.45. The van der Waals surface area contributed by atoms with Crippen LogP contribution in [0.2, 0.25) is 0 Å². The number of nitrogens with zero attached hydrogens (tertiary/aromatic N) is 3. The number of fused-ring (bicyclic) bond motifs is 1. The number of anilines is 1. The molecule has 9 nitrogen and oxygen atoms in total. The van der Waals surface area contributed by atoms with E-state index in [1.807, 2.05) is 30.3 Å². The van der Waals surface area contributed by atoms with Gasteiger partial charge in [0.1, 0.15) is 5.82 Å². The summed E-state index contributed by atoms with van der Waals surface area (Å²) >= 11 is 0. The average Bonchev–Trinajstić information content (AvgIpc) is 2.90. The van der Waals surface area contributed by atoms with E-state index < -0.39 is 32.6 Å². The van der Waals surface area contributed by atoms with E-state index in [0.717, 1.165) is 23.8 Å². The van der Waals surface area contributed by atoms with Gasteiger partial charge in [0.15, 0.2) is 9.84 Å². The Bertz CT molecular complexity index is 1580. The van der Waals surface area contributed by atoms with E-state index in [-0.39, 0.29) is 12.1 Å². The largest absolute Gasteiger partial charge is 0.383 e. The van der Waals surface area contributed by atoms with Gasteiger partial charge in [0, 0.05) is 42.6 Å². The second-order valence-corrected chi connectivity index (χ2v) is 10.4. The van der Waals surface area contributed by atoms with Gasteiger partial charge in [0.05, 0.1) is 40.6 Å². The van der Waals surface area contributed by atoms with E-state index in [2.05, 4.69) is 25.6 Å². The molecule has 0 atom stereocenters. The summed E-state index contributed by atoms with van der Waals surface area (Å²) in [5.74, 6) is 0.0708. The number of alkyl halides is 2. The molecule has 3 aromatic heterocycles. The Balaban J connectivity index is 1.51. The molecule has 38 heavy (non-hydrogen) atoms. The Kier molecular flexibility index (Phi) is 8.23. The number of carbonyl (C=O) groups is 1. The van der Waals surface area contributed by atoms with E-state index in [1.165, 1.54) is 6.07 Å². The topological polar surface area (TPSA) is 123 Å². The molecule has 0 spiro atoms. The first-order valence-corrected chi connectivity index (χ1v) is 13.4. The van der Waals surface area contributed by atoms with Gasteiger partial charge in [-0.25, -0.2) is 27.2 Å². The fourth-order valence-corrected chi connectivity index (χ4v) is 4.63. The van der Waals surface area contributed by atoms with Gasteiger partial charge in [0.25, 0.3) is 12.3 Å². The van der Waals surface area contributed by atoms with Crippen molar-refractivity contribution >= 4 is 32.5 Å². The molecule has 198 valence electrons. The number of amides is 1. The van der Waals surface area contributed by atoms with E-state index >= 15 is 0 Å². The van der Waals surface area contributed by atoms with Crippen LogP contribution in [-0.2, 0) is 21.1 Å². The minimum absolute atomic E-state index is 0.0165. The fraction of sp³-hybridized carbons (Fsp3) is 0.231. The minimum atomic E-state index is -3.96. The van der Waals surface area contributed by atoms with Crippen LogP contribution in [0, 0.1) is 0 Å². The van der Waals surface area contributed by atoms with Crippen molar-refractivity contribution in [1.82, 2.24) is 20.3 Å². The summed E-state index contributed by atoms with van der Waals surface area (Å²) < 4.78 is 55.4. The lowest BCUT2D eigenvalue weighted by molar-refractivity contribution is 0.0949. The molecule has 4 rings (SSSR count). The maximum absolute atomic E-state index is 13.2. The van der Waals surface area contributed by atoms with Crippen molar-refractivity contribution in [3.8, 4) is 11.4 Å². The number of pyridine rings is 3. The number of nitrogens with one attached hydrogen (secondary N) is 2. The summed E-state index contributed by atoms with van der Waals surface area (Å²) in [6.07, 6.45) is -0.538. The van der Waals surface area contributed by atoms with Gasteiger partial charge in [-0.15, -0.1) is 0 Å². The van der Waals surface area contributed by atoms with Crippen LogP contribution >= 0.6 is 0 Å². The van der Waals surface area contributed by atoms with E-state index in [9.17, 15) is 22.0 Å². The molecule has 4 aromatic rings. The molecular weight excluding hydrogens is 516 g/mol. The number of methoxy groups -OCH3 is 1. The van der Waals surface area contributed by atoms with Crippen molar-refractivity contribution in [1.29, 1.82) is 0 Å². The third-order valence-electron chi connectivity index (χ3n) is 5.59. The highest BCUT2D eigenvalue weighted by Crippen LogP contribution is 2.27. The molecule has 12 heteroatoms. The predicted molar refractivity (Wildman–Crippen MR) is 139 cm³/mol. The van der Waals surface area contributed by atoms with E-state index in [0.29, 0.717) is 41.6 Å². The molecule has 1 aromatic carbocycles. The standard InChI is InChI=1S/C26H25F2N5O4S/c1-37-11-10-29-24-5-3-4-20(33-24)21-9-7-17-14-30-18(13-22(17)32-21)15-31-26(34)16-6-8-19(25(27)28)23(12-16)38(2,35)36/h3-9,12-14,25H,10-11,15H2,1-2H3,(H,29,33)(H,31,34). The number of sulfone groups is 1. The quantitative estimate of drug-likeness (QED) is 0.289. The third-order valence-corrected chi connectivity index (χ3v) is 6.75. The Labute approximate surface area is 218 Å². The number of benzene rings is 1. The van der Waals surface area contributed by atoms with Gasteiger partial charge < -0.3 is 15.4 Å². The normalized spacial score (nSPS) is 11.6. The van der Waals surface area contributed by atoms with Crippen LogP contribution in [0.3, 0.4) is 0 Å².